The fraction of sp³-hybridized carbons (Fsp3) is 0.250. The summed E-state index contributed by atoms with van der Waals surface area (Å²) in [6.07, 6.45) is 4.29. The molecule has 1 rings (SSSR count). The number of nitrogens with one attached hydrogen (secondary N) is 1. The SMILES string of the molecule is CNC(=O)Cc1ccc(C=CCN)cc1. The van der Waals surface area contributed by atoms with E-state index in [1.54, 1.807) is 7.05 Å². The van der Waals surface area contributed by atoms with Gasteiger partial charge < -0.3 is 11.1 Å². The third-order valence-electron chi connectivity index (χ3n) is 2.07. The summed E-state index contributed by atoms with van der Waals surface area (Å²) in [7, 11) is 1.64. The molecule has 0 saturated carbocycles. The highest BCUT2D eigenvalue weighted by Gasteiger charge is 1.99. The van der Waals surface area contributed by atoms with Crippen molar-refractivity contribution >= 4 is 12.0 Å². The van der Waals surface area contributed by atoms with Gasteiger partial charge in [-0.25, -0.2) is 0 Å². The molecule has 0 spiro atoms. The Morgan fingerprint density at radius 1 is 1.40 bits per heavy atom. The third kappa shape index (κ3) is 3.95. The summed E-state index contributed by atoms with van der Waals surface area (Å²) in [6, 6.07) is 7.85. The smallest absolute Gasteiger partial charge is 0.224 e. The van der Waals surface area contributed by atoms with Crippen LogP contribution in [-0.2, 0) is 11.2 Å². The first-order valence-electron chi connectivity index (χ1n) is 4.92. The fourth-order valence-electron chi connectivity index (χ4n) is 1.22. The second-order valence-corrected chi connectivity index (χ2v) is 3.23. The van der Waals surface area contributed by atoms with Gasteiger partial charge in [-0.1, -0.05) is 36.4 Å². The molecule has 0 atom stereocenters. The molecule has 15 heavy (non-hydrogen) atoms. The number of nitrogens with two attached hydrogens (primary N) is 1. The van der Waals surface area contributed by atoms with E-state index in [4.69, 9.17) is 5.73 Å². The van der Waals surface area contributed by atoms with E-state index >= 15 is 0 Å². The van der Waals surface area contributed by atoms with Crippen LogP contribution in [0, 0.1) is 0 Å². The van der Waals surface area contributed by atoms with Crippen molar-refractivity contribution in [3.63, 3.8) is 0 Å². The molecular formula is C12H16N2O. The van der Waals surface area contributed by atoms with Crippen molar-refractivity contribution in [2.45, 2.75) is 6.42 Å². The summed E-state index contributed by atoms with van der Waals surface area (Å²) in [6.45, 7) is 0.542. The lowest BCUT2D eigenvalue weighted by Gasteiger charge is -2.00. The lowest BCUT2D eigenvalue weighted by atomic mass is 10.1. The van der Waals surface area contributed by atoms with Gasteiger partial charge in [-0.05, 0) is 11.1 Å². The molecule has 3 heteroatoms. The number of benzene rings is 1. The Labute approximate surface area is 90.0 Å². The summed E-state index contributed by atoms with van der Waals surface area (Å²) < 4.78 is 0. The highest BCUT2D eigenvalue weighted by atomic mass is 16.1. The van der Waals surface area contributed by atoms with Crippen molar-refractivity contribution < 1.29 is 4.79 Å². The second kappa shape index (κ2) is 5.98. The van der Waals surface area contributed by atoms with E-state index in [0.717, 1.165) is 11.1 Å². The van der Waals surface area contributed by atoms with Gasteiger partial charge in [-0.2, -0.15) is 0 Å². The lowest BCUT2D eigenvalue weighted by Crippen LogP contribution is -2.19. The average molecular weight is 204 g/mol. The topological polar surface area (TPSA) is 55.1 Å². The van der Waals surface area contributed by atoms with E-state index in [-0.39, 0.29) is 5.91 Å². The fourth-order valence-corrected chi connectivity index (χ4v) is 1.22. The minimum absolute atomic E-state index is 0.0280. The zero-order chi connectivity index (χ0) is 11.1. The maximum absolute atomic E-state index is 11.1. The van der Waals surface area contributed by atoms with Crippen LogP contribution in [0.15, 0.2) is 30.3 Å². The molecule has 1 amide bonds. The van der Waals surface area contributed by atoms with Crippen LogP contribution in [0.5, 0.6) is 0 Å². The van der Waals surface area contributed by atoms with Gasteiger partial charge in [-0.3, -0.25) is 4.79 Å². The van der Waals surface area contributed by atoms with Gasteiger partial charge >= 0.3 is 0 Å². The number of hydrogen-bond donors (Lipinski definition) is 2. The first kappa shape index (κ1) is 11.5. The molecule has 0 saturated heterocycles. The normalized spacial score (nSPS) is 10.5. The summed E-state index contributed by atoms with van der Waals surface area (Å²) in [5, 5.41) is 2.59. The molecule has 0 aliphatic carbocycles. The molecule has 3 N–H and O–H groups in total. The maximum atomic E-state index is 11.1. The Morgan fingerprint density at radius 3 is 2.60 bits per heavy atom. The maximum Gasteiger partial charge on any atom is 0.224 e. The van der Waals surface area contributed by atoms with Gasteiger partial charge in [0, 0.05) is 13.6 Å². The zero-order valence-corrected chi connectivity index (χ0v) is 8.86. The van der Waals surface area contributed by atoms with Gasteiger partial charge in [-0.15, -0.1) is 0 Å². The van der Waals surface area contributed by atoms with Crippen LogP contribution in [0.2, 0.25) is 0 Å². The van der Waals surface area contributed by atoms with Crippen molar-refractivity contribution in [1.82, 2.24) is 5.32 Å². The number of hydrogen-bond acceptors (Lipinski definition) is 2. The van der Waals surface area contributed by atoms with E-state index in [2.05, 4.69) is 5.32 Å². The molecule has 0 unspecified atom stereocenters. The minimum Gasteiger partial charge on any atom is -0.359 e. The van der Waals surface area contributed by atoms with Crippen molar-refractivity contribution in [2.24, 2.45) is 5.73 Å². The molecular weight excluding hydrogens is 188 g/mol. The van der Waals surface area contributed by atoms with E-state index in [0.29, 0.717) is 13.0 Å². The molecule has 80 valence electrons. The van der Waals surface area contributed by atoms with Crippen LogP contribution < -0.4 is 11.1 Å². The second-order valence-electron chi connectivity index (χ2n) is 3.23. The van der Waals surface area contributed by atoms with Crippen LogP contribution in [0.25, 0.3) is 6.08 Å². The summed E-state index contributed by atoms with van der Waals surface area (Å²) in [5.41, 5.74) is 7.46. The number of amides is 1. The highest BCUT2D eigenvalue weighted by molar-refractivity contribution is 5.78. The minimum atomic E-state index is 0.0280. The van der Waals surface area contributed by atoms with Crippen LogP contribution in [0.1, 0.15) is 11.1 Å². The largest absolute Gasteiger partial charge is 0.359 e. The summed E-state index contributed by atoms with van der Waals surface area (Å²) >= 11 is 0. The van der Waals surface area contributed by atoms with Crippen molar-refractivity contribution in [1.29, 1.82) is 0 Å². The Morgan fingerprint density at radius 2 is 2.07 bits per heavy atom. The van der Waals surface area contributed by atoms with Crippen molar-refractivity contribution in [3.8, 4) is 0 Å². The van der Waals surface area contributed by atoms with Crippen LogP contribution in [-0.4, -0.2) is 19.5 Å². The highest BCUT2D eigenvalue weighted by Crippen LogP contribution is 2.06. The van der Waals surface area contributed by atoms with E-state index in [1.165, 1.54) is 0 Å². The standard InChI is InChI=1S/C12H16N2O/c1-14-12(15)9-11-6-4-10(5-7-11)3-2-8-13/h2-7H,8-9,13H2,1H3,(H,14,15). The van der Waals surface area contributed by atoms with Gasteiger partial charge in [0.15, 0.2) is 0 Å². The molecule has 1 aromatic rings. The number of carbonyl (C=O) groups is 1. The van der Waals surface area contributed by atoms with Crippen molar-refractivity contribution in [2.75, 3.05) is 13.6 Å². The summed E-state index contributed by atoms with van der Waals surface area (Å²) in [5.74, 6) is 0.0280. The molecule has 0 heterocycles. The van der Waals surface area contributed by atoms with Gasteiger partial charge in [0.1, 0.15) is 0 Å². The monoisotopic (exact) mass is 204 g/mol. The molecule has 0 radical (unpaired) electrons. The molecule has 1 aromatic carbocycles. The third-order valence-corrected chi connectivity index (χ3v) is 2.07. The van der Waals surface area contributed by atoms with Crippen molar-refractivity contribution in [3.05, 3.63) is 41.5 Å². The van der Waals surface area contributed by atoms with E-state index in [9.17, 15) is 4.79 Å². The van der Waals surface area contributed by atoms with Gasteiger partial charge in [0.05, 0.1) is 6.42 Å². The Kier molecular flexibility index (Phi) is 4.57. The zero-order valence-electron chi connectivity index (χ0n) is 8.86. The van der Waals surface area contributed by atoms with Gasteiger partial charge in [0.25, 0.3) is 0 Å². The first-order valence-corrected chi connectivity index (χ1v) is 4.92. The van der Waals surface area contributed by atoms with Crippen LogP contribution in [0.3, 0.4) is 0 Å². The predicted molar refractivity (Wildman–Crippen MR) is 62.3 cm³/mol. The van der Waals surface area contributed by atoms with Gasteiger partial charge in [0.2, 0.25) is 5.91 Å². The Bertz CT molecular complexity index is 341. The quantitative estimate of drug-likeness (QED) is 0.767. The predicted octanol–water partition coefficient (Wildman–Crippen LogP) is 0.947. The van der Waals surface area contributed by atoms with E-state index < -0.39 is 0 Å². The van der Waals surface area contributed by atoms with Crippen LogP contribution in [0.4, 0.5) is 0 Å². The number of carbonyl (C=O) groups excluding carboxylic acids is 1. The Hall–Kier alpha value is -1.61. The summed E-state index contributed by atoms with van der Waals surface area (Å²) in [4.78, 5) is 11.1. The molecule has 0 aromatic heterocycles. The molecule has 0 bridgehead atoms. The average Bonchev–Trinajstić information content (AvgIpc) is 2.28. The molecule has 0 aliphatic rings. The van der Waals surface area contributed by atoms with Crippen LogP contribution >= 0.6 is 0 Å². The number of likely N-dealkylation sites (N-methyl/N-ethyl adjacent to an activating group) is 1. The molecule has 3 nitrogen and oxygen atoms in total. The molecule has 0 fully saturated rings. The number of rotatable bonds is 4. The lowest BCUT2D eigenvalue weighted by molar-refractivity contribution is -0.119. The van der Waals surface area contributed by atoms with E-state index in [1.807, 2.05) is 36.4 Å². The Balaban J connectivity index is 2.64. The first-order chi connectivity index (χ1) is 7.26. The molecule has 0 aliphatic heterocycles.